The lowest BCUT2D eigenvalue weighted by Gasteiger charge is -2.23. The fourth-order valence-corrected chi connectivity index (χ4v) is 3.37. The van der Waals surface area contributed by atoms with Crippen LogP contribution in [-0.2, 0) is 0 Å². The molecule has 0 N–H and O–H groups in total. The molecule has 0 bridgehead atoms. The molecule has 1 aromatic carbocycles. The highest BCUT2D eigenvalue weighted by Gasteiger charge is 2.22. The molecule has 2 unspecified atom stereocenters. The Morgan fingerprint density at radius 3 is 2.61 bits per heavy atom. The quantitative estimate of drug-likeness (QED) is 0.556. The van der Waals surface area contributed by atoms with E-state index < -0.39 is 0 Å². The molecule has 0 aliphatic rings. The number of unbranched alkanes of at least 4 members (excludes halogenated alkanes) is 1. The summed E-state index contributed by atoms with van der Waals surface area (Å²) >= 11 is 9.92. The molecule has 2 atom stereocenters. The first-order chi connectivity index (χ1) is 8.63. The molecule has 0 radical (unpaired) electrons. The third-order valence-electron chi connectivity index (χ3n) is 3.36. The van der Waals surface area contributed by atoms with Crippen molar-refractivity contribution in [2.24, 2.45) is 5.92 Å². The molecule has 0 aliphatic carbocycles. The lowest BCUT2D eigenvalue weighted by Crippen LogP contribution is -2.08. The first kappa shape index (κ1) is 15.8. The number of methoxy groups -OCH3 is 1. The van der Waals surface area contributed by atoms with E-state index in [9.17, 15) is 0 Å². The van der Waals surface area contributed by atoms with E-state index >= 15 is 0 Å². The summed E-state index contributed by atoms with van der Waals surface area (Å²) in [5.41, 5.74) is 1.16. The molecular formula is C15H22BrClO. The SMILES string of the molecule is CCCCC(CC)C(Br)c1cc(Cl)ccc1OC. The Hall–Kier alpha value is -0.210. The van der Waals surface area contributed by atoms with Crippen LogP contribution in [0.25, 0.3) is 0 Å². The number of alkyl halides is 1. The topological polar surface area (TPSA) is 9.23 Å². The molecule has 0 aliphatic heterocycles. The van der Waals surface area contributed by atoms with Crippen LogP contribution >= 0.6 is 27.5 Å². The van der Waals surface area contributed by atoms with Crippen LogP contribution in [0.1, 0.15) is 49.9 Å². The van der Waals surface area contributed by atoms with Crippen molar-refractivity contribution in [3.8, 4) is 5.75 Å². The van der Waals surface area contributed by atoms with Crippen molar-refractivity contribution in [2.75, 3.05) is 7.11 Å². The Kier molecular flexibility index (Phi) is 7.10. The Morgan fingerprint density at radius 1 is 1.33 bits per heavy atom. The summed E-state index contributed by atoms with van der Waals surface area (Å²) in [4.78, 5) is 0.308. The van der Waals surface area contributed by atoms with Crippen molar-refractivity contribution in [1.82, 2.24) is 0 Å². The number of ether oxygens (including phenoxy) is 1. The summed E-state index contributed by atoms with van der Waals surface area (Å²) < 4.78 is 5.43. The largest absolute Gasteiger partial charge is 0.496 e. The molecule has 0 heterocycles. The molecule has 0 amide bonds. The van der Waals surface area contributed by atoms with Crippen molar-refractivity contribution in [2.45, 2.75) is 44.4 Å². The van der Waals surface area contributed by atoms with E-state index in [1.807, 2.05) is 18.2 Å². The second-order valence-corrected chi connectivity index (χ2v) is 6.02. The molecule has 0 fully saturated rings. The first-order valence-electron chi connectivity index (χ1n) is 6.61. The van der Waals surface area contributed by atoms with Gasteiger partial charge in [-0.3, -0.25) is 0 Å². The van der Waals surface area contributed by atoms with Crippen molar-refractivity contribution >= 4 is 27.5 Å². The number of benzene rings is 1. The minimum absolute atomic E-state index is 0.308. The number of hydrogen-bond donors (Lipinski definition) is 0. The van der Waals surface area contributed by atoms with Gasteiger partial charge in [0.25, 0.3) is 0 Å². The normalized spacial score (nSPS) is 14.3. The third kappa shape index (κ3) is 4.17. The molecule has 1 aromatic rings. The molecule has 1 nitrogen and oxygen atoms in total. The van der Waals surface area contributed by atoms with Gasteiger partial charge in [0.1, 0.15) is 5.75 Å². The van der Waals surface area contributed by atoms with Gasteiger partial charge in [0.2, 0.25) is 0 Å². The van der Waals surface area contributed by atoms with E-state index in [4.69, 9.17) is 16.3 Å². The fourth-order valence-electron chi connectivity index (χ4n) is 2.20. The predicted molar refractivity (Wildman–Crippen MR) is 83.0 cm³/mol. The zero-order valence-electron chi connectivity index (χ0n) is 11.4. The van der Waals surface area contributed by atoms with E-state index in [0.29, 0.717) is 10.7 Å². The van der Waals surface area contributed by atoms with Crippen LogP contribution in [0, 0.1) is 5.92 Å². The summed E-state index contributed by atoms with van der Waals surface area (Å²) in [7, 11) is 1.71. The zero-order valence-corrected chi connectivity index (χ0v) is 13.7. The number of rotatable bonds is 7. The van der Waals surface area contributed by atoms with Gasteiger partial charge in [-0.2, -0.15) is 0 Å². The van der Waals surface area contributed by atoms with Gasteiger partial charge in [-0.15, -0.1) is 0 Å². The number of hydrogen-bond acceptors (Lipinski definition) is 1. The molecule has 0 saturated heterocycles. The molecule has 3 heteroatoms. The molecule has 0 spiro atoms. The van der Waals surface area contributed by atoms with E-state index in [-0.39, 0.29) is 0 Å². The predicted octanol–water partition coefficient (Wildman–Crippen LogP) is 6.00. The zero-order chi connectivity index (χ0) is 13.5. The van der Waals surface area contributed by atoms with Gasteiger partial charge < -0.3 is 4.74 Å². The Labute approximate surface area is 124 Å². The maximum absolute atomic E-state index is 6.09. The monoisotopic (exact) mass is 332 g/mol. The molecular weight excluding hydrogens is 312 g/mol. The maximum atomic E-state index is 6.09. The van der Waals surface area contributed by atoms with E-state index in [2.05, 4.69) is 29.8 Å². The highest BCUT2D eigenvalue weighted by atomic mass is 79.9. The molecule has 102 valence electrons. The van der Waals surface area contributed by atoms with Gasteiger partial charge in [-0.25, -0.2) is 0 Å². The van der Waals surface area contributed by atoms with Gasteiger partial charge >= 0.3 is 0 Å². The molecule has 1 rings (SSSR count). The van der Waals surface area contributed by atoms with Gasteiger partial charge in [0, 0.05) is 15.4 Å². The smallest absolute Gasteiger partial charge is 0.123 e. The summed E-state index contributed by atoms with van der Waals surface area (Å²) in [5.74, 6) is 1.54. The van der Waals surface area contributed by atoms with E-state index in [1.54, 1.807) is 7.11 Å². The van der Waals surface area contributed by atoms with Crippen LogP contribution in [-0.4, -0.2) is 7.11 Å². The summed E-state index contributed by atoms with van der Waals surface area (Å²) in [6.45, 7) is 4.47. The fraction of sp³-hybridized carbons (Fsp3) is 0.600. The van der Waals surface area contributed by atoms with Crippen LogP contribution in [0.5, 0.6) is 5.75 Å². The molecule has 0 saturated carbocycles. The minimum atomic E-state index is 0.308. The second kappa shape index (κ2) is 8.06. The lowest BCUT2D eigenvalue weighted by molar-refractivity contribution is 0.395. The Bertz CT molecular complexity index is 368. The van der Waals surface area contributed by atoms with Crippen molar-refractivity contribution in [1.29, 1.82) is 0 Å². The van der Waals surface area contributed by atoms with E-state index in [0.717, 1.165) is 22.8 Å². The summed E-state index contributed by atoms with van der Waals surface area (Å²) in [5, 5.41) is 0.764. The van der Waals surface area contributed by atoms with Gasteiger partial charge in [-0.1, -0.05) is 60.6 Å². The Balaban J connectivity index is 2.92. The van der Waals surface area contributed by atoms with Crippen molar-refractivity contribution in [3.05, 3.63) is 28.8 Å². The highest BCUT2D eigenvalue weighted by molar-refractivity contribution is 9.09. The average Bonchev–Trinajstić information content (AvgIpc) is 2.39. The molecule has 0 aromatic heterocycles. The van der Waals surface area contributed by atoms with Crippen LogP contribution in [0.4, 0.5) is 0 Å². The van der Waals surface area contributed by atoms with Gasteiger partial charge in [0.15, 0.2) is 0 Å². The average molecular weight is 334 g/mol. The van der Waals surface area contributed by atoms with Crippen molar-refractivity contribution in [3.63, 3.8) is 0 Å². The first-order valence-corrected chi connectivity index (χ1v) is 7.90. The minimum Gasteiger partial charge on any atom is -0.496 e. The summed E-state index contributed by atoms with van der Waals surface area (Å²) in [6.07, 6.45) is 4.90. The lowest BCUT2D eigenvalue weighted by atomic mass is 9.91. The standard InChI is InChI=1S/C15H22BrClO/c1-4-6-7-11(5-2)15(16)13-10-12(17)8-9-14(13)18-3/h8-11,15H,4-7H2,1-3H3. The molecule has 18 heavy (non-hydrogen) atoms. The van der Waals surface area contributed by atoms with Gasteiger partial charge in [-0.05, 0) is 30.5 Å². The second-order valence-electron chi connectivity index (χ2n) is 4.60. The van der Waals surface area contributed by atoms with Crippen LogP contribution in [0.15, 0.2) is 18.2 Å². The van der Waals surface area contributed by atoms with Crippen molar-refractivity contribution < 1.29 is 4.74 Å². The van der Waals surface area contributed by atoms with Crippen LogP contribution < -0.4 is 4.74 Å². The number of halogens is 2. The Morgan fingerprint density at radius 2 is 2.06 bits per heavy atom. The third-order valence-corrected chi connectivity index (χ3v) is 4.83. The van der Waals surface area contributed by atoms with Gasteiger partial charge in [0.05, 0.1) is 7.11 Å². The highest BCUT2D eigenvalue weighted by Crippen LogP contribution is 2.41. The van der Waals surface area contributed by atoms with Crippen LogP contribution in [0.3, 0.4) is 0 Å². The maximum Gasteiger partial charge on any atom is 0.123 e. The summed E-state index contributed by atoms with van der Waals surface area (Å²) in [6, 6.07) is 5.82. The van der Waals surface area contributed by atoms with Crippen LogP contribution in [0.2, 0.25) is 5.02 Å². The van der Waals surface area contributed by atoms with E-state index in [1.165, 1.54) is 19.3 Å².